The zero-order chi connectivity index (χ0) is 43.9. The van der Waals surface area contributed by atoms with Crippen molar-refractivity contribution in [3.8, 4) is 23.0 Å². The van der Waals surface area contributed by atoms with Gasteiger partial charge in [-0.25, -0.2) is 0 Å². The van der Waals surface area contributed by atoms with Crippen LogP contribution in [0, 0.1) is 0 Å². The van der Waals surface area contributed by atoms with E-state index < -0.39 is 52.3 Å². The standard InChI is InChI=1S/C51H44N2O9/c1-50(52-45(54)35-21-13-14-22-36(35)46(52)55,43(31-17-9-7-10-18-31)33-25-27-39(59-3)41(29-33)61-5)49(58)51(2,53-47(56)37-23-15-16-24-38(37)48(53)57)44(32-19-11-8-12-20-32)34-26-28-40(60-4)42(30-34)62-6/h7-30,43-44H,1-6H3/t43?,44?,50-,51-/m0/s1. The van der Waals surface area contributed by atoms with Crippen molar-refractivity contribution >= 4 is 29.4 Å². The summed E-state index contributed by atoms with van der Waals surface area (Å²) in [5.74, 6) is -4.41. The highest BCUT2D eigenvalue weighted by atomic mass is 16.5. The van der Waals surface area contributed by atoms with Crippen molar-refractivity contribution < 1.29 is 42.9 Å². The molecule has 0 fully saturated rings. The second-order valence-corrected chi connectivity index (χ2v) is 15.5. The van der Waals surface area contributed by atoms with Crippen LogP contribution in [0.3, 0.4) is 0 Å². The van der Waals surface area contributed by atoms with E-state index in [0.717, 1.165) is 9.80 Å². The first-order valence-corrected chi connectivity index (χ1v) is 20.0. The zero-order valence-corrected chi connectivity index (χ0v) is 35.1. The van der Waals surface area contributed by atoms with Gasteiger partial charge in [0.15, 0.2) is 28.8 Å². The summed E-state index contributed by atoms with van der Waals surface area (Å²) in [7, 11) is 5.98. The second kappa shape index (κ2) is 16.2. The molecular formula is C51H44N2O9. The topological polar surface area (TPSA) is 129 Å². The van der Waals surface area contributed by atoms with Crippen LogP contribution in [0.25, 0.3) is 0 Å². The largest absolute Gasteiger partial charge is 0.493 e. The third kappa shape index (κ3) is 6.31. The SMILES string of the molecule is COc1ccc(C(c2ccccc2)[C@@](C)(C(=O)[C@](C)(C(c2ccccc2)c2ccc(OC)c(OC)c2)N2C(=O)c3ccccc3C2=O)N2C(=O)c3ccccc3C2=O)cc1OC. The van der Waals surface area contributed by atoms with Crippen LogP contribution in [-0.2, 0) is 4.79 Å². The van der Waals surface area contributed by atoms with Gasteiger partial charge in [-0.2, -0.15) is 0 Å². The molecule has 312 valence electrons. The number of hydrogen-bond donors (Lipinski definition) is 0. The molecule has 0 bridgehead atoms. The minimum absolute atomic E-state index is 0.109. The molecule has 0 saturated carbocycles. The predicted octanol–water partition coefficient (Wildman–Crippen LogP) is 8.36. The molecule has 8 rings (SSSR count). The maximum atomic E-state index is 17.3. The molecule has 4 atom stereocenters. The Kier molecular flexibility index (Phi) is 10.7. The smallest absolute Gasteiger partial charge is 0.262 e. The lowest BCUT2D eigenvalue weighted by molar-refractivity contribution is -0.138. The molecule has 0 radical (unpaired) electrons. The van der Waals surface area contributed by atoms with E-state index in [4.69, 9.17) is 18.9 Å². The van der Waals surface area contributed by atoms with Gasteiger partial charge >= 0.3 is 0 Å². The van der Waals surface area contributed by atoms with Crippen LogP contribution in [0.15, 0.2) is 146 Å². The minimum Gasteiger partial charge on any atom is -0.493 e. The fourth-order valence-corrected chi connectivity index (χ4v) is 9.50. The van der Waals surface area contributed by atoms with Crippen molar-refractivity contribution in [3.05, 3.63) is 190 Å². The quantitative estimate of drug-likeness (QED) is 0.0996. The van der Waals surface area contributed by atoms with Crippen molar-refractivity contribution in [3.63, 3.8) is 0 Å². The van der Waals surface area contributed by atoms with Crippen LogP contribution < -0.4 is 18.9 Å². The molecular weight excluding hydrogens is 785 g/mol. The number of hydrogen-bond acceptors (Lipinski definition) is 9. The normalized spacial score (nSPS) is 16.2. The Morgan fingerprint density at radius 3 is 0.984 bits per heavy atom. The Morgan fingerprint density at radius 2 is 0.694 bits per heavy atom. The first kappa shape index (κ1) is 41.2. The molecule has 0 aliphatic carbocycles. The third-order valence-corrected chi connectivity index (χ3v) is 12.3. The molecule has 2 heterocycles. The summed E-state index contributed by atoms with van der Waals surface area (Å²) in [5.41, 5.74) is -1.91. The highest BCUT2D eigenvalue weighted by Gasteiger charge is 2.65. The van der Waals surface area contributed by atoms with Crippen LogP contribution in [-0.4, -0.2) is 78.7 Å². The number of imide groups is 2. The number of benzene rings is 6. The Hall–Kier alpha value is -7.53. The molecule has 6 aromatic rings. The van der Waals surface area contributed by atoms with Crippen LogP contribution in [0.4, 0.5) is 0 Å². The van der Waals surface area contributed by atoms with Gasteiger partial charge in [0.2, 0.25) is 0 Å². The number of fused-ring (bicyclic) bond motifs is 2. The molecule has 2 unspecified atom stereocenters. The van der Waals surface area contributed by atoms with Gasteiger partial charge in [-0.1, -0.05) is 97.1 Å². The van der Waals surface area contributed by atoms with Gasteiger partial charge in [0, 0.05) is 11.8 Å². The van der Waals surface area contributed by atoms with Crippen LogP contribution in [0.1, 0.15) is 89.4 Å². The van der Waals surface area contributed by atoms with E-state index in [-0.39, 0.29) is 22.3 Å². The van der Waals surface area contributed by atoms with E-state index in [1.54, 1.807) is 123 Å². The number of methoxy groups -OCH3 is 4. The van der Waals surface area contributed by atoms with Gasteiger partial charge in [-0.3, -0.25) is 33.8 Å². The van der Waals surface area contributed by atoms with Crippen molar-refractivity contribution in [1.29, 1.82) is 0 Å². The molecule has 6 aromatic carbocycles. The summed E-state index contributed by atoms with van der Waals surface area (Å²) in [6.07, 6.45) is 0. The molecule has 11 nitrogen and oxygen atoms in total. The Labute approximate surface area is 359 Å². The average molecular weight is 829 g/mol. The van der Waals surface area contributed by atoms with E-state index in [2.05, 4.69) is 0 Å². The van der Waals surface area contributed by atoms with Crippen molar-refractivity contribution in [2.45, 2.75) is 36.8 Å². The van der Waals surface area contributed by atoms with E-state index in [9.17, 15) is 0 Å². The zero-order valence-electron chi connectivity index (χ0n) is 35.1. The number of ketones is 1. The molecule has 62 heavy (non-hydrogen) atoms. The molecule has 0 saturated heterocycles. The lowest BCUT2D eigenvalue weighted by Gasteiger charge is -2.51. The Morgan fingerprint density at radius 1 is 0.403 bits per heavy atom. The van der Waals surface area contributed by atoms with E-state index >= 15 is 24.0 Å². The van der Waals surface area contributed by atoms with Crippen molar-refractivity contribution in [2.24, 2.45) is 0 Å². The van der Waals surface area contributed by atoms with Crippen LogP contribution >= 0.6 is 0 Å². The van der Waals surface area contributed by atoms with Crippen molar-refractivity contribution in [1.82, 2.24) is 9.80 Å². The molecule has 0 N–H and O–H groups in total. The third-order valence-electron chi connectivity index (χ3n) is 12.3. The number of amides is 4. The summed E-state index contributed by atoms with van der Waals surface area (Å²) in [6.45, 7) is 3.11. The second-order valence-electron chi connectivity index (χ2n) is 15.5. The summed E-state index contributed by atoms with van der Waals surface area (Å²) in [5, 5.41) is 0. The monoisotopic (exact) mass is 828 g/mol. The van der Waals surface area contributed by atoms with Gasteiger partial charge in [-0.15, -0.1) is 0 Å². The van der Waals surface area contributed by atoms with Gasteiger partial charge in [0.05, 0.1) is 50.7 Å². The highest BCUT2D eigenvalue weighted by Crippen LogP contribution is 2.52. The van der Waals surface area contributed by atoms with Gasteiger partial charge in [0.1, 0.15) is 11.1 Å². The first-order valence-electron chi connectivity index (χ1n) is 20.0. The lowest BCUT2D eigenvalue weighted by Crippen LogP contribution is -2.70. The highest BCUT2D eigenvalue weighted by molar-refractivity contribution is 6.27. The van der Waals surface area contributed by atoms with Gasteiger partial charge in [0.25, 0.3) is 23.6 Å². The molecule has 0 aromatic heterocycles. The predicted molar refractivity (Wildman–Crippen MR) is 231 cm³/mol. The Bertz CT molecular complexity index is 2500. The van der Waals surface area contributed by atoms with Crippen LogP contribution in [0.5, 0.6) is 23.0 Å². The summed E-state index contributed by atoms with van der Waals surface area (Å²) < 4.78 is 22.8. The van der Waals surface area contributed by atoms with Gasteiger partial charge in [-0.05, 0) is 84.6 Å². The molecule has 4 amide bonds. The van der Waals surface area contributed by atoms with Crippen LogP contribution in [0.2, 0.25) is 0 Å². The number of nitrogens with zero attached hydrogens (tertiary/aromatic N) is 2. The molecule has 11 heteroatoms. The number of carbonyl (C=O) groups excluding carboxylic acids is 5. The van der Waals surface area contributed by atoms with E-state index in [1.165, 1.54) is 28.4 Å². The molecule has 2 aliphatic heterocycles. The minimum atomic E-state index is -2.21. The maximum Gasteiger partial charge on any atom is 0.262 e. The number of ether oxygens (including phenoxy) is 4. The van der Waals surface area contributed by atoms with Crippen molar-refractivity contribution in [2.75, 3.05) is 28.4 Å². The summed E-state index contributed by atoms with van der Waals surface area (Å²) in [4.78, 5) is 79.7. The van der Waals surface area contributed by atoms with E-state index in [0.29, 0.717) is 45.3 Å². The fraction of sp³-hybridized carbons (Fsp3) is 0.196. The van der Waals surface area contributed by atoms with E-state index in [1.807, 2.05) is 36.4 Å². The average Bonchev–Trinajstić information content (AvgIpc) is 3.73. The van der Waals surface area contributed by atoms with Gasteiger partial charge < -0.3 is 18.9 Å². The molecule has 0 spiro atoms. The number of Topliss-reactive ketones (excluding diaryl/α,β-unsaturated/α-hetero) is 1. The Balaban J connectivity index is 1.51. The maximum absolute atomic E-state index is 17.3. The fourth-order valence-electron chi connectivity index (χ4n) is 9.50. The first-order chi connectivity index (χ1) is 29.9. The summed E-state index contributed by atoms with van der Waals surface area (Å²) >= 11 is 0. The summed E-state index contributed by atoms with van der Waals surface area (Å²) in [6, 6.07) is 41.2. The lowest BCUT2D eigenvalue weighted by atomic mass is 9.62. The molecule has 2 aliphatic rings. The number of carbonyl (C=O) groups is 5. The number of rotatable bonds is 14.